The summed E-state index contributed by atoms with van der Waals surface area (Å²) < 4.78 is 6.39. The van der Waals surface area contributed by atoms with E-state index in [4.69, 9.17) is 9.84 Å². The lowest BCUT2D eigenvalue weighted by atomic mass is 9.84. The maximum atomic E-state index is 11.5. The highest BCUT2D eigenvalue weighted by Crippen LogP contribution is 2.27. The number of rotatable bonds is 22. The number of carbonyl (C=O) groups is 2. The summed E-state index contributed by atoms with van der Waals surface area (Å²) in [7, 11) is 0. The lowest BCUT2D eigenvalue weighted by molar-refractivity contribution is -0.137. The zero-order chi connectivity index (χ0) is 23.5. The molecule has 0 aromatic rings. The van der Waals surface area contributed by atoms with E-state index < -0.39 is 5.97 Å². The largest absolute Gasteiger partial charge is 0.481 e. The van der Waals surface area contributed by atoms with Crippen LogP contribution in [0.25, 0.3) is 0 Å². The van der Waals surface area contributed by atoms with Crippen LogP contribution < -0.4 is 0 Å². The van der Waals surface area contributed by atoms with Gasteiger partial charge in [-0.3, -0.25) is 4.79 Å². The second-order valence-electron chi connectivity index (χ2n) is 10.4. The fraction of sp³-hybridized carbons (Fsp3) is 0.926. The van der Waals surface area contributed by atoms with Gasteiger partial charge in [0, 0.05) is 19.4 Å². The Kier molecular flexibility index (Phi) is 18.1. The van der Waals surface area contributed by atoms with Gasteiger partial charge < -0.3 is 14.6 Å². The molecule has 0 saturated heterocycles. The van der Waals surface area contributed by atoms with Crippen LogP contribution in [0.5, 0.6) is 0 Å². The summed E-state index contributed by atoms with van der Waals surface area (Å²) in [5.74, 6) is 0.125. The molecule has 2 unspecified atom stereocenters. The first kappa shape index (κ1) is 30.1. The molecule has 0 heterocycles. The molecule has 2 atom stereocenters. The van der Waals surface area contributed by atoms with Gasteiger partial charge in [0.25, 0.3) is 0 Å². The van der Waals surface area contributed by atoms with E-state index in [2.05, 4.69) is 27.7 Å². The molecular formula is C27H52O4. The van der Waals surface area contributed by atoms with Crippen LogP contribution in [0.15, 0.2) is 0 Å². The van der Waals surface area contributed by atoms with E-state index in [9.17, 15) is 9.59 Å². The van der Waals surface area contributed by atoms with E-state index >= 15 is 0 Å². The number of carbonyl (C=O) groups excluding carboxylic acids is 1. The number of ether oxygens (including phenoxy) is 1. The first-order valence-electron chi connectivity index (χ1n) is 13.0. The molecule has 0 aliphatic heterocycles. The minimum Gasteiger partial charge on any atom is -0.481 e. The van der Waals surface area contributed by atoms with Gasteiger partial charge in [-0.15, -0.1) is 0 Å². The van der Waals surface area contributed by atoms with Crippen molar-refractivity contribution in [2.45, 2.75) is 143 Å². The Balaban J connectivity index is 4.36. The fourth-order valence-corrected chi connectivity index (χ4v) is 4.37. The van der Waals surface area contributed by atoms with Crippen molar-refractivity contribution < 1.29 is 19.4 Å². The second-order valence-corrected chi connectivity index (χ2v) is 10.4. The molecule has 0 spiro atoms. The lowest BCUT2D eigenvalue weighted by Gasteiger charge is -2.28. The smallest absolute Gasteiger partial charge is 0.303 e. The normalized spacial score (nSPS) is 13.8. The Labute approximate surface area is 192 Å². The van der Waals surface area contributed by atoms with Gasteiger partial charge in [-0.05, 0) is 43.9 Å². The summed E-state index contributed by atoms with van der Waals surface area (Å²) in [6.07, 6.45) is 17.6. The molecule has 0 rings (SSSR count). The summed E-state index contributed by atoms with van der Waals surface area (Å²) >= 11 is 0. The maximum absolute atomic E-state index is 11.5. The molecule has 31 heavy (non-hydrogen) atoms. The summed E-state index contributed by atoms with van der Waals surface area (Å²) in [4.78, 5) is 22.1. The van der Waals surface area contributed by atoms with Crippen LogP contribution in [0.2, 0.25) is 0 Å². The van der Waals surface area contributed by atoms with Crippen molar-refractivity contribution in [3.05, 3.63) is 0 Å². The van der Waals surface area contributed by atoms with Gasteiger partial charge in [-0.1, -0.05) is 91.9 Å². The van der Waals surface area contributed by atoms with Crippen molar-refractivity contribution in [3.8, 4) is 0 Å². The average Bonchev–Trinajstić information content (AvgIpc) is 2.67. The highest BCUT2D eigenvalue weighted by Gasteiger charge is 2.22. The Bertz CT molecular complexity index is 458. The molecule has 0 bridgehead atoms. The van der Waals surface area contributed by atoms with Crippen molar-refractivity contribution in [1.29, 1.82) is 0 Å². The summed E-state index contributed by atoms with van der Waals surface area (Å²) in [5.41, 5.74) is 0.00302. The van der Waals surface area contributed by atoms with E-state index in [1.165, 1.54) is 44.9 Å². The highest BCUT2D eigenvalue weighted by atomic mass is 16.5. The third-order valence-electron chi connectivity index (χ3n) is 6.37. The Morgan fingerprint density at radius 2 is 1.42 bits per heavy atom. The number of Topliss-reactive ketones (excluding diaryl/α,β-unsaturated/α-hetero) is 1. The van der Waals surface area contributed by atoms with Gasteiger partial charge in [-0.25, -0.2) is 0 Å². The molecule has 4 nitrogen and oxygen atoms in total. The first-order valence-corrected chi connectivity index (χ1v) is 13.0. The van der Waals surface area contributed by atoms with Crippen LogP contribution in [0, 0.1) is 11.3 Å². The van der Waals surface area contributed by atoms with Crippen molar-refractivity contribution in [1.82, 2.24) is 0 Å². The average molecular weight is 441 g/mol. The quantitative estimate of drug-likeness (QED) is 0.173. The predicted molar refractivity (Wildman–Crippen MR) is 131 cm³/mol. The molecule has 1 N–H and O–H groups in total. The topological polar surface area (TPSA) is 63.6 Å². The minimum absolute atomic E-state index is 0.00302. The molecule has 0 amide bonds. The van der Waals surface area contributed by atoms with Crippen molar-refractivity contribution >= 4 is 11.8 Å². The van der Waals surface area contributed by atoms with Crippen molar-refractivity contribution in [2.24, 2.45) is 11.3 Å². The van der Waals surface area contributed by atoms with Crippen LogP contribution in [0.3, 0.4) is 0 Å². The monoisotopic (exact) mass is 440 g/mol. The van der Waals surface area contributed by atoms with Gasteiger partial charge in [0.05, 0.1) is 6.10 Å². The molecule has 0 fully saturated rings. The maximum Gasteiger partial charge on any atom is 0.303 e. The SMILES string of the molecule is CCCCCCCCC(C)C(CCCCCCCC(=O)O)OCCC(C)(C)CC(C)=O. The van der Waals surface area contributed by atoms with Crippen LogP contribution in [0.4, 0.5) is 0 Å². The van der Waals surface area contributed by atoms with Crippen LogP contribution in [0.1, 0.15) is 137 Å². The number of carboxylic acid groups (broad SMARTS) is 1. The van der Waals surface area contributed by atoms with Gasteiger partial charge in [0.2, 0.25) is 0 Å². The van der Waals surface area contributed by atoms with Gasteiger partial charge >= 0.3 is 5.97 Å². The molecule has 0 aliphatic carbocycles. The van der Waals surface area contributed by atoms with Crippen LogP contribution in [-0.2, 0) is 14.3 Å². The van der Waals surface area contributed by atoms with Crippen LogP contribution >= 0.6 is 0 Å². The molecule has 0 aromatic heterocycles. The zero-order valence-corrected chi connectivity index (χ0v) is 21.3. The number of unbranched alkanes of at least 4 members (excludes halogenated alkanes) is 9. The third kappa shape index (κ3) is 19.5. The molecule has 4 heteroatoms. The zero-order valence-electron chi connectivity index (χ0n) is 21.3. The number of ketones is 1. The molecule has 184 valence electrons. The number of aliphatic carboxylic acids is 1. The first-order chi connectivity index (χ1) is 14.7. The molecule has 0 aromatic carbocycles. The summed E-state index contributed by atoms with van der Waals surface area (Å²) in [5, 5.41) is 8.73. The summed E-state index contributed by atoms with van der Waals surface area (Å²) in [6, 6.07) is 0. The fourth-order valence-electron chi connectivity index (χ4n) is 4.37. The van der Waals surface area contributed by atoms with Crippen molar-refractivity contribution in [2.75, 3.05) is 6.61 Å². The number of carboxylic acids is 1. The summed E-state index contributed by atoms with van der Waals surface area (Å²) in [6.45, 7) is 11.3. The van der Waals surface area contributed by atoms with E-state index in [0.29, 0.717) is 18.4 Å². The third-order valence-corrected chi connectivity index (χ3v) is 6.37. The predicted octanol–water partition coefficient (Wildman–Crippen LogP) is 7.97. The van der Waals surface area contributed by atoms with Crippen LogP contribution in [-0.4, -0.2) is 29.6 Å². The molecule has 0 aliphatic rings. The Morgan fingerprint density at radius 1 is 0.871 bits per heavy atom. The number of hydrogen-bond acceptors (Lipinski definition) is 3. The molecule has 0 radical (unpaired) electrons. The minimum atomic E-state index is -0.690. The van der Waals surface area contributed by atoms with E-state index in [1.807, 2.05) is 0 Å². The van der Waals surface area contributed by atoms with Gasteiger partial charge in [0.15, 0.2) is 0 Å². The van der Waals surface area contributed by atoms with E-state index in [0.717, 1.165) is 51.6 Å². The Hall–Kier alpha value is -0.900. The number of hydrogen-bond donors (Lipinski definition) is 1. The Morgan fingerprint density at radius 3 is 2.00 bits per heavy atom. The molecular weight excluding hydrogens is 388 g/mol. The van der Waals surface area contributed by atoms with E-state index in [-0.39, 0.29) is 17.6 Å². The standard InChI is InChI=1S/C27H52O4/c1-6-7-8-9-11-14-17-23(2)25(18-15-12-10-13-16-19-26(29)30)31-21-20-27(4,5)22-24(3)28/h23,25H,6-22H2,1-5H3,(H,29,30). The molecule has 0 saturated carbocycles. The second kappa shape index (κ2) is 18.7. The lowest BCUT2D eigenvalue weighted by Crippen LogP contribution is -2.25. The highest BCUT2D eigenvalue weighted by molar-refractivity contribution is 5.76. The van der Waals surface area contributed by atoms with Crippen molar-refractivity contribution in [3.63, 3.8) is 0 Å². The van der Waals surface area contributed by atoms with Gasteiger partial charge in [-0.2, -0.15) is 0 Å². The van der Waals surface area contributed by atoms with Gasteiger partial charge in [0.1, 0.15) is 5.78 Å². The van der Waals surface area contributed by atoms with E-state index in [1.54, 1.807) is 6.92 Å².